The second-order valence-corrected chi connectivity index (χ2v) is 4.63. The van der Waals surface area contributed by atoms with E-state index in [1.54, 1.807) is 6.92 Å². The molecule has 1 aliphatic heterocycles. The average molecular weight is 244 g/mol. The lowest BCUT2D eigenvalue weighted by Gasteiger charge is -2.26. The Hall–Kier alpha value is -1.61. The van der Waals surface area contributed by atoms with Gasteiger partial charge in [-0.2, -0.15) is 0 Å². The van der Waals surface area contributed by atoms with Crippen molar-refractivity contribution in [3.8, 4) is 0 Å². The third-order valence-electron chi connectivity index (χ3n) is 3.24. The first kappa shape index (κ1) is 12.8. The van der Waals surface area contributed by atoms with Crippen LogP contribution in [0.4, 0.5) is 0 Å². The summed E-state index contributed by atoms with van der Waals surface area (Å²) >= 11 is 0. The van der Waals surface area contributed by atoms with Crippen LogP contribution < -0.4 is 5.32 Å². The molecular formula is C15H20N2O. The average Bonchev–Trinajstić information content (AvgIpc) is 2.40. The Balaban J connectivity index is 1.83. The van der Waals surface area contributed by atoms with E-state index in [-0.39, 0.29) is 5.91 Å². The second kappa shape index (κ2) is 6.36. The zero-order valence-corrected chi connectivity index (χ0v) is 10.9. The predicted molar refractivity (Wildman–Crippen MR) is 74.2 cm³/mol. The van der Waals surface area contributed by atoms with Crippen LogP contribution in [0.3, 0.4) is 0 Å². The highest BCUT2D eigenvalue weighted by molar-refractivity contribution is 5.72. The number of hydrogen-bond donors (Lipinski definition) is 1. The Kier molecular flexibility index (Phi) is 4.53. The first-order chi connectivity index (χ1) is 8.75. The van der Waals surface area contributed by atoms with Crippen molar-refractivity contribution in [1.82, 2.24) is 10.2 Å². The predicted octanol–water partition coefficient (Wildman–Crippen LogP) is 1.91. The summed E-state index contributed by atoms with van der Waals surface area (Å²) in [4.78, 5) is 13.1. The molecule has 0 aliphatic carbocycles. The molecule has 96 valence electrons. The van der Waals surface area contributed by atoms with Gasteiger partial charge in [-0.05, 0) is 17.6 Å². The Labute approximate surface area is 108 Å². The van der Waals surface area contributed by atoms with Gasteiger partial charge in [0.25, 0.3) is 0 Å². The molecule has 1 aromatic carbocycles. The second-order valence-electron chi connectivity index (χ2n) is 4.63. The lowest BCUT2D eigenvalue weighted by molar-refractivity contribution is -0.119. The van der Waals surface area contributed by atoms with Gasteiger partial charge in [-0.1, -0.05) is 36.4 Å². The topological polar surface area (TPSA) is 32.3 Å². The summed E-state index contributed by atoms with van der Waals surface area (Å²) in [5, 5.41) is 2.83. The van der Waals surface area contributed by atoms with E-state index in [9.17, 15) is 4.79 Å². The van der Waals surface area contributed by atoms with Crippen molar-refractivity contribution < 1.29 is 4.79 Å². The van der Waals surface area contributed by atoms with Crippen LogP contribution in [0, 0.1) is 0 Å². The molecule has 0 bridgehead atoms. The quantitative estimate of drug-likeness (QED) is 0.877. The van der Waals surface area contributed by atoms with E-state index in [0.29, 0.717) is 0 Å². The van der Waals surface area contributed by atoms with E-state index in [2.05, 4.69) is 40.6 Å². The number of carbonyl (C=O) groups is 1. The van der Waals surface area contributed by atoms with Crippen LogP contribution in [0.25, 0.3) is 5.57 Å². The fourth-order valence-electron chi connectivity index (χ4n) is 2.22. The van der Waals surface area contributed by atoms with Crippen molar-refractivity contribution in [2.75, 3.05) is 26.2 Å². The Morgan fingerprint density at radius 2 is 2.11 bits per heavy atom. The Morgan fingerprint density at radius 3 is 2.72 bits per heavy atom. The number of rotatable bonds is 4. The van der Waals surface area contributed by atoms with Gasteiger partial charge >= 0.3 is 0 Å². The standard InChI is InChI=1S/C15H20N2O/c1-13(18)16-9-12-17-10-7-15(8-11-17)14-5-3-2-4-6-14/h2-7H,8-12H2,1H3,(H,16,18). The highest BCUT2D eigenvalue weighted by atomic mass is 16.1. The van der Waals surface area contributed by atoms with Crippen LogP contribution in [0.5, 0.6) is 0 Å². The minimum Gasteiger partial charge on any atom is -0.355 e. The highest BCUT2D eigenvalue weighted by Crippen LogP contribution is 2.21. The molecule has 18 heavy (non-hydrogen) atoms. The van der Waals surface area contributed by atoms with E-state index in [1.807, 2.05) is 6.07 Å². The van der Waals surface area contributed by atoms with Gasteiger partial charge in [0.15, 0.2) is 0 Å². The van der Waals surface area contributed by atoms with Crippen molar-refractivity contribution in [3.05, 3.63) is 42.0 Å². The summed E-state index contributed by atoms with van der Waals surface area (Å²) in [6.45, 7) is 5.27. The molecular weight excluding hydrogens is 224 g/mol. The van der Waals surface area contributed by atoms with Crippen molar-refractivity contribution in [2.45, 2.75) is 13.3 Å². The molecule has 1 N–H and O–H groups in total. The normalized spacial score (nSPS) is 16.2. The zero-order chi connectivity index (χ0) is 12.8. The van der Waals surface area contributed by atoms with E-state index < -0.39 is 0 Å². The van der Waals surface area contributed by atoms with Crippen LogP contribution >= 0.6 is 0 Å². The molecule has 1 aliphatic rings. The molecule has 0 aromatic heterocycles. The van der Waals surface area contributed by atoms with Crippen molar-refractivity contribution in [2.24, 2.45) is 0 Å². The molecule has 3 nitrogen and oxygen atoms in total. The highest BCUT2D eigenvalue weighted by Gasteiger charge is 2.12. The van der Waals surface area contributed by atoms with Crippen LogP contribution in [-0.4, -0.2) is 37.0 Å². The van der Waals surface area contributed by atoms with Gasteiger partial charge in [0.1, 0.15) is 0 Å². The molecule has 1 heterocycles. The maximum Gasteiger partial charge on any atom is 0.216 e. The first-order valence-corrected chi connectivity index (χ1v) is 6.47. The van der Waals surface area contributed by atoms with Gasteiger partial charge in [0, 0.05) is 33.1 Å². The summed E-state index contributed by atoms with van der Waals surface area (Å²) in [5.41, 5.74) is 2.77. The molecule has 3 heteroatoms. The number of amides is 1. The maximum atomic E-state index is 10.8. The minimum atomic E-state index is 0.0486. The van der Waals surface area contributed by atoms with Gasteiger partial charge < -0.3 is 5.32 Å². The maximum absolute atomic E-state index is 10.8. The third-order valence-corrected chi connectivity index (χ3v) is 3.24. The molecule has 0 spiro atoms. The van der Waals surface area contributed by atoms with E-state index in [1.165, 1.54) is 11.1 Å². The third kappa shape index (κ3) is 3.70. The number of hydrogen-bond acceptors (Lipinski definition) is 2. The lowest BCUT2D eigenvalue weighted by Crippen LogP contribution is -2.36. The molecule has 0 atom stereocenters. The summed E-state index contributed by atoms with van der Waals surface area (Å²) in [6, 6.07) is 10.5. The Morgan fingerprint density at radius 1 is 1.33 bits per heavy atom. The van der Waals surface area contributed by atoms with Crippen molar-refractivity contribution >= 4 is 11.5 Å². The van der Waals surface area contributed by atoms with Crippen molar-refractivity contribution in [1.29, 1.82) is 0 Å². The van der Waals surface area contributed by atoms with Crippen LogP contribution in [-0.2, 0) is 4.79 Å². The van der Waals surface area contributed by atoms with E-state index in [0.717, 1.165) is 32.6 Å². The molecule has 0 radical (unpaired) electrons. The fraction of sp³-hybridized carbons (Fsp3) is 0.400. The zero-order valence-electron chi connectivity index (χ0n) is 10.9. The molecule has 0 saturated heterocycles. The number of carbonyl (C=O) groups excluding carboxylic acids is 1. The summed E-state index contributed by atoms with van der Waals surface area (Å²) in [5.74, 6) is 0.0486. The SMILES string of the molecule is CC(=O)NCCN1CC=C(c2ccccc2)CC1. The molecule has 0 fully saturated rings. The monoisotopic (exact) mass is 244 g/mol. The van der Waals surface area contributed by atoms with Crippen LogP contribution in [0.1, 0.15) is 18.9 Å². The molecule has 1 amide bonds. The van der Waals surface area contributed by atoms with Gasteiger partial charge in [-0.25, -0.2) is 0 Å². The lowest BCUT2D eigenvalue weighted by atomic mass is 10.00. The van der Waals surface area contributed by atoms with Gasteiger partial charge in [-0.3, -0.25) is 9.69 Å². The number of nitrogens with zero attached hydrogens (tertiary/aromatic N) is 1. The molecule has 2 rings (SSSR count). The van der Waals surface area contributed by atoms with Gasteiger partial charge in [0.05, 0.1) is 0 Å². The largest absolute Gasteiger partial charge is 0.355 e. The minimum absolute atomic E-state index is 0.0486. The van der Waals surface area contributed by atoms with E-state index >= 15 is 0 Å². The Bertz CT molecular complexity index is 425. The van der Waals surface area contributed by atoms with Crippen molar-refractivity contribution in [3.63, 3.8) is 0 Å². The molecule has 0 unspecified atom stereocenters. The summed E-state index contributed by atoms with van der Waals surface area (Å²) in [6.07, 6.45) is 3.39. The summed E-state index contributed by atoms with van der Waals surface area (Å²) < 4.78 is 0. The fourth-order valence-corrected chi connectivity index (χ4v) is 2.22. The van der Waals surface area contributed by atoms with Crippen LogP contribution in [0.2, 0.25) is 0 Å². The molecule has 1 aromatic rings. The van der Waals surface area contributed by atoms with Crippen LogP contribution in [0.15, 0.2) is 36.4 Å². The molecule has 0 saturated carbocycles. The van der Waals surface area contributed by atoms with Gasteiger partial charge in [0.2, 0.25) is 5.91 Å². The first-order valence-electron chi connectivity index (χ1n) is 6.47. The summed E-state index contributed by atoms with van der Waals surface area (Å²) in [7, 11) is 0. The number of nitrogens with one attached hydrogen (secondary N) is 1. The van der Waals surface area contributed by atoms with Gasteiger partial charge in [-0.15, -0.1) is 0 Å². The number of benzene rings is 1. The van der Waals surface area contributed by atoms with E-state index in [4.69, 9.17) is 0 Å². The smallest absolute Gasteiger partial charge is 0.216 e.